The van der Waals surface area contributed by atoms with Crippen LogP contribution in [0.3, 0.4) is 0 Å². The summed E-state index contributed by atoms with van der Waals surface area (Å²) in [5, 5.41) is 10.4. The van der Waals surface area contributed by atoms with Crippen LogP contribution in [0.25, 0.3) is 0 Å². The molecule has 1 N–H and O–H groups in total. The zero-order valence-electron chi connectivity index (χ0n) is 14.7. The normalized spacial score (nSPS) is 27.0. The number of aliphatic hydroxyl groups excluding tert-OH is 1. The lowest BCUT2D eigenvalue weighted by Gasteiger charge is -2.40. The van der Waals surface area contributed by atoms with E-state index in [1.54, 1.807) is 0 Å². The lowest BCUT2D eigenvalue weighted by Crippen LogP contribution is -2.47. The third kappa shape index (κ3) is 4.17. The Morgan fingerprint density at radius 3 is 2.71 bits per heavy atom. The molecule has 0 aromatic heterocycles. The van der Waals surface area contributed by atoms with Gasteiger partial charge in [0.25, 0.3) is 5.91 Å². The molecule has 4 heteroatoms. The highest BCUT2D eigenvalue weighted by Gasteiger charge is 2.30. The standard InChI is InChI=1S/C20H30N2O2/c1-16-8-5-6-12-21(16)14-17-9-7-13-22(15-17)20(24)19(23)18-10-3-2-4-11-18/h2-4,10-11,16-17,19,23H,5-9,12-15H2,1H3. The number of amides is 1. The predicted molar refractivity (Wildman–Crippen MR) is 95.6 cm³/mol. The van der Waals surface area contributed by atoms with Crippen molar-refractivity contribution in [2.45, 2.75) is 51.2 Å². The molecule has 2 heterocycles. The van der Waals surface area contributed by atoms with Gasteiger partial charge in [0.2, 0.25) is 0 Å². The van der Waals surface area contributed by atoms with Crippen molar-refractivity contribution in [3.8, 4) is 0 Å². The van der Waals surface area contributed by atoms with Crippen LogP contribution in [0.1, 0.15) is 50.7 Å². The minimum Gasteiger partial charge on any atom is -0.378 e. The van der Waals surface area contributed by atoms with E-state index >= 15 is 0 Å². The number of nitrogens with zero attached hydrogens (tertiary/aromatic N) is 2. The predicted octanol–water partition coefficient (Wildman–Crippen LogP) is 2.83. The van der Waals surface area contributed by atoms with Crippen molar-refractivity contribution >= 4 is 5.91 Å². The van der Waals surface area contributed by atoms with Gasteiger partial charge in [0, 0.05) is 25.7 Å². The molecule has 24 heavy (non-hydrogen) atoms. The zero-order valence-corrected chi connectivity index (χ0v) is 14.7. The number of hydrogen-bond acceptors (Lipinski definition) is 3. The molecule has 1 aromatic rings. The molecule has 0 aliphatic carbocycles. The third-order valence-electron chi connectivity index (χ3n) is 5.61. The van der Waals surface area contributed by atoms with E-state index < -0.39 is 6.10 Å². The second-order valence-corrected chi connectivity index (χ2v) is 7.45. The number of hydrogen-bond donors (Lipinski definition) is 1. The van der Waals surface area contributed by atoms with Crippen molar-refractivity contribution < 1.29 is 9.90 Å². The van der Waals surface area contributed by atoms with Gasteiger partial charge in [-0.1, -0.05) is 36.8 Å². The first-order chi connectivity index (χ1) is 11.6. The molecule has 132 valence electrons. The van der Waals surface area contributed by atoms with Gasteiger partial charge >= 0.3 is 0 Å². The molecular weight excluding hydrogens is 300 g/mol. The average molecular weight is 330 g/mol. The Kier molecular flexibility index (Phi) is 5.90. The second kappa shape index (κ2) is 8.13. The average Bonchev–Trinajstić information content (AvgIpc) is 2.63. The highest BCUT2D eigenvalue weighted by atomic mass is 16.3. The largest absolute Gasteiger partial charge is 0.378 e. The highest BCUT2D eigenvalue weighted by Crippen LogP contribution is 2.25. The summed E-state index contributed by atoms with van der Waals surface area (Å²) in [6.07, 6.45) is 5.14. The third-order valence-corrected chi connectivity index (χ3v) is 5.61. The van der Waals surface area contributed by atoms with Crippen LogP contribution in [0.2, 0.25) is 0 Å². The minimum atomic E-state index is -1.03. The molecule has 4 nitrogen and oxygen atoms in total. The van der Waals surface area contributed by atoms with Crippen LogP contribution in [0, 0.1) is 5.92 Å². The minimum absolute atomic E-state index is 0.141. The molecule has 2 aliphatic rings. The van der Waals surface area contributed by atoms with Gasteiger partial charge in [0.05, 0.1) is 0 Å². The Bertz CT molecular complexity index is 534. The summed E-state index contributed by atoms with van der Waals surface area (Å²) in [7, 11) is 0. The van der Waals surface area contributed by atoms with Gasteiger partial charge in [-0.2, -0.15) is 0 Å². The van der Waals surface area contributed by atoms with E-state index in [0.717, 1.165) is 26.1 Å². The maximum atomic E-state index is 12.7. The zero-order chi connectivity index (χ0) is 16.9. The van der Waals surface area contributed by atoms with Crippen molar-refractivity contribution in [2.75, 3.05) is 26.2 Å². The number of aliphatic hydroxyl groups is 1. The summed E-state index contributed by atoms with van der Waals surface area (Å²) in [6.45, 7) is 6.16. The SMILES string of the molecule is CC1CCCCN1CC1CCCN(C(=O)C(O)c2ccccc2)C1. The lowest BCUT2D eigenvalue weighted by molar-refractivity contribution is -0.142. The smallest absolute Gasteiger partial charge is 0.256 e. The lowest BCUT2D eigenvalue weighted by atomic mass is 9.94. The Morgan fingerprint density at radius 2 is 1.96 bits per heavy atom. The van der Waals surface area contributed by atoms with E-state index in [-0.39, 0.29) is 5.91 Å². The van der Waals surface area contributed by atoms with Gasteiger partial charge in [-0.15, -0.1) is 0 Å². The molecule has 0 spiro atoms. The van der Waals surface area contributed by atoms with E-state index in [1.807, 2.05) is 35.2 Å². The quantitative estimate of drug-likeness (QED) is 0.923. The Hall–Kier alpha value is -1.39. The fraction of sp³-hybridized carbons (Fsp3) is 0.650. The van der Waals surface area contributed by atoms with Crippen molar-refractivity contribution in [3.05, 3.63) is 35.9 Å². The Labute approximate surface area is 145 Å². The van der Waals surface area contributed by atoms with Crippen LogP contribution in [0.4, 0.5) is 0 Å². The first kappa shape index (κ1) is 17.4. The Morgan fingerprint density at radius 1 is 1.17 bits per heavy atom. The van der Waals surface area contributed by atoms with Gasteiger partial charge < -0.3 is 14.9 Å². The molecule has 2 aliphatic heterocycles. The van der Waals surface area contributed by atoms with Crippen LogP contribution in [-0.2, 0) is 4.79 Å². The van der Waals surface area contributed by atoms with Crippen molar-refractivity contribution in [3.63, 3.8) is 0 Å². The van der Waals surface area contributed by atoms with E-state index in [0.29, 0.717) is 17.5 Å². The molecule has 3 atom stereocenters. The topological polar surface area (TPSA) is 43.8 Å². The summed E-state index contributed by atoms with van der Waals surface area (Å²) >= 11 is 0. The number of carbonyl (C=O) groups excluding carboxylic acids is 1. The maximum Gasteiger partial charge on any atom is 0.256 e. The van der Waals surface area contributed by atoms with Crippen LogP contribution < -0.4 is 0 Å². The highest BCUT2D eigenvalue weighted by molar-refractivity contribution is 5.82. The van der Waals surface area contributed by atoms with Crippen LogP contribution >= 0.6 is 0 Å². The molecule has 0 radical (unpaired) electrons. The fourth-order valence-electron chi connectivity index (χ4n) is 4.13. The van der Waals surface area contributed by atoms with Crippen LogP contribution in [0.5, 0.6) is 0 Å². The number of likely N-dealkylation sites (tertiary alicyclic amines) is 2. The van der Waals surface area contributed by atoms with Gasteiger partial charge in [0.15, 0.2) is 6.10 Å². The molecule has 0 bridgehead atoms. The molecule has 2 fully saturated rings. The van der Waals surface area contributed by atoms with Crippen molar-refractivity contribution in [1.82, 2.24) is 9.80 Å². The second-order valence-electron chi connectivity index (χ2n) is 7.45. The Balaban J connectivity index is 1.57. The van der Waals surface area contributed by atoms with Crippen LogP contribution in [-0.4, -0.2) is 53.0 Å². The van der Waals surface area contributed by atoms with E-state index in [2.05, 4.69) is 11.8 Å². The number of piperidine rings is 2. The summed E-state index contributed by atoms with van der Waals surface area (Å²) < 4.78 is 0. The molecular formula is C20H30N2O2. The first-order valence-corrected chi connectivity index (χ1v) is 9.41. The van der Waals surface area contributed by atoms with E-state index in [4.69, 9.17) is 0 Å². The molecule has 3 unspecified atom stereocenters. The molecule has 3 rings (SSSR count). The maximum absolute atomic E-state index is 12.7. The van der Waals surface area contributed by atoms with Crippen LogP contribution in [0.15, 0.2) is 30.3 Å². The molecule has 2 saturated heterocycles. The van der Waals surface area contributed by atoms with E-state index in [9.17, 15) is 9.90 Å². The van der Waals surface area contributed by atoms with Gasteiger partial charge in [0.1, 0.15) is 0 Å². The number of carbonyl (C=O) groups is 1. The van der Waals surface area contributed by atoms with Gasteiger partial charge in [-0.05, 0) is 50.6 Å². The van der Waals surface area contributed by atoms with E-state index in [1.165, 1.54) is 32.2 Å². The molecule has 1 aromatic carbocycles. The van der Waals surface area contributed by atoms with Crippen molar-refractivity contribution in [1.29, 1.82) is 0 Å². The molecule has 0 saturated carbocycles. The first-order valence-electron chi connectivity index (χ1n) is 9.41. The monoisotopic (exact) mass is 330 g/mol. The summed E-state index contributed by atoms with van der Waals surface area (Å²) in [5.41, 5.74) is 0.689. The summed E-state index contributed by atoms with van der Waals surface area (Å²) in [5.74, 6) is 0.392. The van der Waals surface area contributed by atoms with Crippen molar-refractivity contribution in [2.24, 2.45) is 5.92 Å². The molecule has 1 amide bonds. The summed E-state index contributed by atoms with van der Waals surface area (Å²) in [4.78, 5) is 17.1. The van der Waals surface area contributed by atoms with Gasteiger partial charge in [-0.3, -0.25) is 4.79 Å². The van der Waals surface area contributed by atoms with Gasteiger partial charge in [-0.25, -0.2) is 0 Å². The number of rotatable bonds is 4. The summed E-state index contributed by atoms with van der Waals surface area (Å²) in [6, 6.07) is 9.93. The number of benzene rings is 1. The fourth-order valence-corrected chi connectivity index (χ4v) is 4.13.